The molecule has 0 aliphatic rings. The molecule has 0 spiro atoms. The molecule has 0 saturated heterocycles. The Hall–Kier alpha value is -0.332. The van der Waals surface area contributed by atoms with Gasteiger partial charge >= 0.3 is 74.0 Å². The van der Waals surface area contributed by atoms with Crippen LogP contribution in [0.1, 0.15) is 5.56 Å². The Morgan fingerprint density at radius 3 is 2.40 bits per heavy atom. The molecular weight excluding hydrogens is 205 g/mol. The first kappa shape index (κ1) is 7.77. The van der Waals surface area contributed by atoms with Gasteiger partial charge in [0.25, 0.3) is 0 Å². The van der Waals surface area contributed by atoms with Crippen molar-refractivity contribution in [3.05, 3.63) is 29.8 Å². The molecule has 1 rings (SSSR count). The molecule has 2 N–H and O–H groups in total. The minimum absolute atomic E-state index is 0.455. The summed E-state index contributed by atoms with van der Waals surface area (Å²) in [6, 6.07) is 7.76. The summed E-state index contributed by atoms with van der Waals surface area (Å²) < 4.78 is 1.07. The summed E-state index contributed by atoms with van der Waals surface area (Å²) >= 11 is 7.26. The molecule has 0 bridgehead atoms. The molecule has 0 atom stereocenters. The van der Waals surface area contributed by atoms with Gasteiger partial charge in [0.1, 0.15) is 0 Å². The molecule has 3 heteroatoms. The molecular formula is C7H6AsNS. The normalized spacial score (nSPS) is 9.30. The zero-order valence-corrected chi connectivity index (χ0v) is 7.94. The van der Waals surface area contributed by atoms with Crippen LogP contribution in [0.15, 0.2) is 24.3 Å². The third kappa shape index (κ3) is 1.58. The molecule has 0 aliphatic carbocycles. The zero-order valence-electron chi connectivity index (χ0n) is 5.24. The maximum absolute atomic E-state index is 5.44. The molecule has 1 nitrogen and oxygen atoms in total. The van der Waals surface area contributed by atoms with Crippen molar-refractivity contribution < 1.29 is 0 Å². The van der Waals surface area contributed by atoms with Crippen LogP contribution in [0.3, 0.4) is 0 Å². The Morgan fingerprint density at radius 2 is 2.00 bits per heavy atom. The Kier molecular flexibility index (Phi) is 2.47. The fraction of sp³-hybridized carbons (Fsp3) is 0. The third-order valence-electron chi connectivity index (χ3n) is 1.17. The summed E-state index contributed by atoms with van der Waals surface area (Å²) in [6.45, 7) is 0. The SMILES string of the molecule is NC(=S)c1ccccc1[As]. The Bertz CT molecular complexity index is 260. The number of hydrogen-bond donors (Lipinski definition) is 1. The second-order valence-electron chi connectivity index (χ2n) is 1.88. The first-order valence-electron chi connectivity index (χ1n) is 2.79. The number of hydrogen-bond acceptors (Lipinski definition) is 1. The number of rotatable bonds is 1. The van der Waals surface area contributed by atoms with Gasteiger partial charge in [-0.3, -0.25) is 0 Å². The molecule has 0 aromatic heterocycles. The fourth-order valence-electron chi connectivity index (χ4n) is 0.682. The number of benzene rings is 1. The standard InChI is InChI=1S/C7H6AsNS/c8-6-4-2-1-3-5(6)7(9)10/h1-4H,(H2,9,10). The summed E-state index contributed by atoms with van der Waals surface area (Å²) in [4.78, 5) is 0.455. The van der Waals surface area contributed by atoms with Gasteiger partial charge in [-0.2, -0.15) is 0 Å². The Labute approximate surface area is 74.1 Å². The first-order chi connectivity index (χ1) is 4.72. The van der Waals surface area contributed by atoms with Crippen molar-refractivity contribution in [3.8, 4) is 0 Å². The molecule has 0 unspecified atom stereocenters. The van der Waals surface area contributed by atoms with Gasteiger partial charge in [0.05, 0.1) is 0 Å². The Morgan fingerprint density at radius 1 is 1.40 bits per heavy atom. The van der Waals surface area contributed by atoms with E-state index in [1.54, 1.807) is 0 Å². The van der Waals surface area contributed by atoms with Crippen LogP contribution in [0.2, 0.25) is 0 Å². The van der Waals surface area contributed by atoms with Crippen LogP contribution in [0.25, 0.3) is 0 Å². The van der Waals surface area contributed by atoms with E-state index in [2.05, 4.69) is 16.9 Å². The van der Waals surface area contributed by atoms with Gasteiger partial charge in [0, 0.05) is 0 Å². The Balaban J connectivity index is 3.15. The number of thiocarbonyl (C=S) groups is 1. The molecule has 1 aromatic carbocycles. The van der Waals surface area contributed by atoms with Gasteiger partial charge in [-0.15, -0.1) is 0 Å². The van der Waals surface area contributed by atoms with E-state index in [1.165, 1.54) is 0 Å². The van der Waals surface area contributed by atoms with Gasteiger partial charge in [0.15, 0.2) is 0 Å². The zero-order chi connectivity index (χ0) is 7.56. The molecule has 10 heavy (non-hydrogen) atoms. The van der Waals surface area contributed by atoms with Crippen LogP contribution < -0.4 is 10.1 Å². The number of nitrogens with two attached hydrogens (primary N) is 1. The molecule has 0 aliphatic heterocycles. The molecule has 2 radical (unpaired) electrons. The van der Waals surface area contributed by atoms with Crippen molar-refractivity contribution in [1.82, 2.24) is 0 Å². The summed E-state index contributed by atoms with van der Waals surface area (Å²) in [5, 5.41) is 0. The second kappa shape index (κ2) is 3.18. The van der Waals surface area contributed by atoms with E-state index in [4.69, 9.17) is 18.0 Å². The molecule has 0 heterocycles. The van der Waals surface area contributed by atoms with E-state index in [-0.39, 0.29) is 0 Å². The van der Waals surface area contributed by atoms with Crippen molar-refractivity contribution >= 4 is 38.4 Å². The quantitative estimate of drug-likeness (QED) is 0.527. The topological polar surface area (TPSA) is 26.0 Å². The van der Waals surface area contributed by atoms with E-state index >= 15 is 0 Å². The molecule has 0 amide bonds. The van der Waals surface area contributed by atoms with Gasteiger partial charge in [-0.1, -0.05) is 0 Å². The van der Waals surface area contributed by atoms with E-state index < -0.39 is 0 Å². The molecule has 1 aromatic rings. The van der Waals surface area contributed by atoms with Crippen molar-refractivity contribution in [3.63, 3.8) is 0 Å². The maximum atomic E-state index is 5.44. The van der Waals surface area contributed by atoms with Crippen molar-refractivity contribution in [2.75, 3.05) is 0 Å². The van der Waals surface area contributed by atoms with E-state index in [1.807, 2.05) is 24.3 Å². The second-order valence-corrected chi connectivity index (χ2v) is 3.33. The minimum atomic E-state index is 0.455. The van der Waals surface area contributed by atoms with Crippen molar-refractivity contribution in [2.24, 2.45) is 5.73 Å². The van der Waals surface area contributed by atoms with E-state index in [9.17, 15) is 0 Å². The summed E-state index contributed by atoms with van der Waals surface area (Å²) in [6.07, 6.45) is 0. The van der Waals surface area contributed by atoms with E-state index in [0.29, 0.717) is 4.99 Å². The summed E-state index contributed by atoms with van der Waals surface area (Å²) in [5.74, 6) is 0. The van der Waals surface area contributed by atoms with Gasteiger partial charge < -0.3 is 0 Å². The third-order valence-corrected chi connectivity index (χ3v) is 2.21. The molecule has 0 saturated carbocycles. The average Bonchev–Trinajstić information content (AvgIpc) is 1.88. The van der Waals surface area contributed by atoms with Crippen LogP contribution in [-0.4, -0.2) is 21.8 Å². The predicted molar refractivity (Wildman–Crippen MR) is 47.7 cm³/mol. The van der Waals surface area contributed by atoms with Crippen LogP contribution >= 0.6 is 12.2 Å². The summed E-state index contributed by atoms with van der Waals surface area (Å²) in [5.41, 5.74) is 6.38. The van der Waals surface area contributed by atoms with Crippen LogP contribution in [-0.2, 0) is 0 Å². The predicted octanol–water partition coefficient (Wildman–Crippen LogP) is 0.115. The fourth-order valence-corrected chi connectivity index (χ4v) is 1.61. The van der Waals surface area contributed by atoms with Crippen molar-refractivity contribution in [2.45, 2.75) is 0 Å². The molecule has 50 valence electrons. The monoisotopic (exact) mass is 211 g/mol. The summed E-state index contributed by atoms with van der Waals surface area (Å²) in [7, 11) is 0. The first-order valence-corrected chi connectivity index (χ1v) is 4.14. The molecule has 0 fully saturated rings. The van der Waals surface area contributed by atoms with Crippen LogP contribution in [0.5, 0.6) is 0 Å². The van der Waals surface area contributed by atoms with Crippen LogP contribution in [0, 0.1) is 0 Å². The van der Waals surface area contributed by atoms with Gasteiger partial charge in [-0.25, -0.2) is 0 Å². The average molecular weight is 211 g/mol. The van der Waals surface area contributed by atoms with Gasteiger partial charge in [-0.05, 0) is 0 Å². The van der Waals surface area contributed by atoms with E-state index in [0.717, 1.165) is 9.91 Å². The van der Waals surface area contributed by atoms with Crippen LogP contribution in [0.4, 0.5) is 0 Å². The van der Waals surface area contributed by atoms with Gasteiger partial charge in [0.2, 0.25) is 0 Å². The van der Waals surface area contributed by atoms with Crippen molar-refractivity contribution in [1.29, 1.82) is 0 Å².